The Labute approximate surface area is 117 Å². The Kier molecular flexibility index (Phi) is 6.29. The van der Waals surface area contributed by atoms with E-state index in [1.165, 1.54) is 0 Å². The highest BCUT2D eigenvalue weighted by molar-refractivity contribution is 5.37. The molecule has 0 aliphatic carbocycles. The van der Waals surface area contributed by atoms with Crippen LogP contribution in [0.2, 0.25) is 0 Å². The second-order valence-corrected chi connectivity index (χ2v) is 4.64. The molecule has 20 heavy (non-hydrogen) atoms. The molecule has 1 atom stereocenters. The Balaban J connectivity index is 2.62. The first-order chi connectivity index (χ1) is 9.35. The van der Waals surface area contributed by atoms with E-state index in [4.69, 9.17) is 9.47 Å². The normalized spacial score (nSPS) is 13.3. The van der Waals surface area contributed by atoms with Crippen LogP contribution in [0.5, 0.6) is 5.75 Å². The van der Waals surface area contributed by atoms with Crippen LogP contribution in [-0.2, 0) is 11.2 Å². The summed E-state index contributed by atoms with van der Waals surface area (Å²) in [7, 11) is 3.27. The van der Waals surface area contributed by atoms with Crippen molar-refractivity contribution in [2.45, 2.75) is 25.6 Å². The fraction of sp³-hybridized carbons (Fsp3) is 0.571. The van der Waals surface area contributed by atoms with Gasteiger partial charge in [0.05, 0.1) is 13.7 Å². The molecule has 0 aliphatic heterocycles. The van der Waals surface area contributed by atoms with Gasteiger partial charge < -0.3 is 14.8 Å². The molecule has 0 amide bonds. The van der Waals surface area contributed by atoms with Gasteiger partial charge in [-0.2, -0.15) is 13.2 Å². The zero-order chi connectivity index (χ0) is 15.2. The van der Waals surface area contributed by atoms with E-state index < -0.39 is 12.8 Å². The topological polar surface area (TPSA) is 30.5 Å². The quantitative estimate of drug-likeness (QED) is 0.838. The molecule has 1 rings (SSSR count). The number of likely N-dealkylation sites (N-methyl/N-ethyl adjacent to an activating group) is 1. The molecular formula is C14H20F3NO2. The fourth-order valence-corrected chi connectivity index (χ4v) is 1.89. The summed E-state index contributed by atoms with van der Waals surface area (Å²) in [6, 6.07) is 5.55. The van der Waals surface area contributed by atoms with Crippen LogP contribution < -0.4 is 10.1 Å². The van der Waals surface area contributed by atoms with E-state index >= 15 is 0 Å². The number of hydrogen-bond donors (Lipinski definition) is 1. The second-order valence-electron chi connectivity index (χ2n) is 4.64. The molecule has 0 spiro atoms. The molecule has 0 saturated carbocycles. The molecule has 3 nitrogen and oxygen atoms in total. The zero-order valence-electron chi connectivity index (χ0n) is 11.9. The van der Waals surface area contributed by atoms with Gasteiger partial charge in [-0.15, -0.1) is 0 Å². The number of benzene rings is 1. The van der Waals surface area contributed by atoms with Crippen LogP contribution in [0.1, 0.15) is 11.1 Å². The lowest BCUT2D eigenvalue weighted by Gasteiger charge is -2.19. The number of methoxy groups -OCH3 is 1. The number of aryl methyl sites for hydroxylation is 1. The summed E-state index contributed by atoms with van der Waals surface area (Å²) in [6.07, 6.45) is -3.75. The Morgan fingerprint density at radius 3 is 2.55 bits per heavy atom. The maximum Gasteiger partial charge on any atom is 0.411 e. The molecule has 0 heterocycles. The standard InChI is InChI=1S/C14H20F3NO2/c1-10-4-5-13(19-3)11(6-10)7-12(18-2)8-20-9-14(15,16)17/h4-6,12,18H,7-9H2,1-3H3. The van der Waals surface area contributed by atoms with Crippen LogP contribution in [0.15, 0.2) is 18.2 Å². The summed E-state index contributed by atoms with van der Waals surface area (Å²) in [4.78, 5) is 0. The number of nitrogens with one attached hydrogen (secondary N) is 1. The van der Waals surface area contributed by atoms with E-state index in [0.29, 0.717) is 6.42 Å². The number of ether oxygens (including phenoxy) is 2. The van der Waals surface area contributed by atoms with Gasteiger partial charge in [-0.1, -0.05) is 17.7 Å². The number of alkyl halides is 3. The summed E-state index contributed by atoms with van der Waals surface area (Å²) in [5.74, 6) is 0.728. The van der Waals surface area contributed by atoms with Crippen molar-refractivity contribution in [3.05, 3.63) is 29.3 Å². The second kappa shape index (κ2) is 7.50. The molecular weight excluding hydrogens is 271 g/mol. The van der Waals surface area contributed by atoms with Gasteiger partial charge in [-0.05, 0) is 32.0 Å². The van der Waals surface area contributed by atoms with Gasteiger partial charge in [-0.3, -0.25) is 0 Å². The smallest absolute Gasteiger partial charge is 0.411 e. The molecule has 114 valence electrons. The first kappa shape index (κ1) is 16.8. The third kappa shape index (κ3) is 5.79. The van der Waals surface area contributed by atoms with Crippen molar-refractivity contribution < 1.29 is 22.6 Å². The van der Waals surface area contributed by atoms with Crippen molar-refractivity contribution in [2.24, 2.45) is 0 Å². The molecule has 1 aromatic rings. The molecule has 0 radical (unpaired) electrons. The van der Waals surface area contributed by atoms with Crippen LogP contribution in [0.4, 0.5) is 13.2 Å². The van der Waals surface area contributed by atoms with E-state index in [1.807, 2.05) is 25.1 Å². The van der Waals surface area contributed by atoms with Crippen LogP contribution in [-0.4, -0.2) is 39.6 Å². The van der Waals surface area contributed by atoms with Crippen LogP contribution in [0, 0.1) is 6.92 Å². The summed E-state index contributed by atoms with van der Waals surface area (Å²) in [5.41, 5.74) is 2.02. The zero-order valence-corrected chi connectivity index (χ0v) is 11.9. The highest BCUT2D eigenvalue weighted by Gasteiger charge is 2.27. The molecule has 0 saturated heterocycles. The van der Waals surface area contributed by atoms with Crippen molar-refractivity contribution >= 4 is 0 Å². The van der Waals surface area contributed by atoms with E-state index in [-0.39, 0.29) is 12.6 Å². The lowest BCUT2D eigenvalue weighted by molar-refractivity contribution is -0.175. The van der Waals surface area contributed by atoms with Gasteiger partial charge in [0.1, 0.15) is 12.4 Å². The third-order valence-corrected chi connectivity index (χ3v) is 2.90. The summed E-state index contributed by atoms with van der Waals surface area (Å²) < 4.78 is 46.1. The van der Waals surface area contributed by atoms with Gasteiger partial charge in [0.25, 0.3) is 0 Å². The maximum atomic E-state index is 12.0. The summed E-state index contributed by atoms with van der Waals surface area (Å²) in [5, 5.41) is 2.96. The molecule has 0 aliphatic rings. The van der Waals surface area contributed by atoms with Gasteiger partial charge in [0.15, 0.2) is 0 Å². The Morgan fingerprint density at radius 2 is 2.00 bits per heavy atom. The Bertz CT molecular complexity index is 421. The number of hydrogen-bond acceptors (Lipinski definition) is 3. The highest BCUT2D eigenvalue weighted by atomic mass is 19.4. The molecule has 6 heteroatoms. The average Bonchev–Trinajstić information content (AvgIpc) is 2.36. The average molecular weight is 291 g/mol. The highest BCUT2D eigenvalue weighted by Crippen LogP contribution is 2.21. The van der Waals surface area contributed by atoms with Crippen molar-refractivity contribution in [1.29, 1.82) is 0 Å². The number of halogens is 3. The first-order valence-electron chi connectivity index (χ1n) is 6.31. The first-order valence-corrected chi connectivity index (χ1v) is 6.31. The van der Waals surface area contributed by atoms with Crippen LogP contribution in [0.3, 0.4) is 0 Å². The van der Waals surface area contributed by atoms with Crippen molar-refractivity contribution in [3.8, 4) is 5.75 Å². The lowest BCUT2D eigenvalue weighted by atomic mass is 10.0. The Hall–Kier alpha value is -1.27. The summed E-state index contributed by atoms with van der Waals surface area (Å²) >= 11 is 0. The minimum atomic E-state index is -4.29. The minimum Gasteiger partial charge on any atom is -0.496 e. The lowest BCUT2D eigenvalue weighted by Crippen LogP contribution is -2.34. The molecule has 1 unspecified atom stereocenters. The van der Waals surface area contributed by atoms with Gasteiger partial charge in [-0.25, -0.2) is 0 Å². The largest absolute Gasteiger partial charge is 0.496 e. The third-order valence-electron chi connectivity index (χ3n) is 2.90. The van der Waals surface area contributed by atoms with E-state index in [2.05, 4.69) is 5.32 Å². The molecule has 0 bridgehead atoms. The molecule has 0 fully saturated rings. The monoisotopic (exact) mass is 291 g/mol. The summed E-state index contributed by atoms with van der Waals surface area (Å²) in [6.45, 7) is 0.723. The Morgan fingerprint density at radius 1 is 1.30 bits per heavy atom. The fourth-order valence-electron chi connectivity index (χ4n) is 1.89. The van der Waals surface area contributed by atoms with Crippen molar-refractivity contribution in [3.63, 3.8) is 0 Å². The van der Waals surface area contributed by atoms with Crippen LogP contribution >= 0.6 is 0 Å². The predicted octanol–water partition coefficient (Wildman–Crippen LogP) is 2.71. The number of rotatable bonds is 7. The van der Waals surface area contributed by atoms with Gasteiger partial charge >= 0.3 is 6.18 Å². The molecule has 0 aromatic heterocycles. The SMILES string of the molecule is CNC(COCC(F)(F)F)Cc1cc(C)ccc1OC. The molecule has 1 N–H and O–H groups in total. The minimum absolute atomic E-state index is 0.00684. The van der Waals surface area contributed by atoms with E-state index in [1.54, 1.807) is 14.2 Å². The van der Waals surface area contributed by atoms with Gasteiger partial charge in [0.2, 0.25) is 0 Å². The van der Waals surface area contributed by atoms with Gasteiger partial charge in [0, 0.05) is 6.04 Å². The van der Waals surface area contributed by atoms with Crippen molar-refractivity contribution in [1.82, 2.24) is 5.32 Å². The molecule has 1 aromatic carbocycles. The predicted molar refractivity (Wildman–Crippen MR) is 71.2 cm³/mol. The van der Waals surface area contributed by atoms with Crippen LogP contribution in [0.25, 0.3) is 0 Å². The maximum absolute atomic E-state index is 12.0. The van der Waals surface area contributed by atoms with E-state index in [0.717, 1.165) is 16.9 Å². The van der Waals surface area contributed by atoms with Crippen molar-refractivity contribution in [2.75, 3.05) is 27.4 Å². The van der Waals surface area contributed by atoms with E-state index in [9.17, 15) is 13.2 Å².